The zero-order valence-electron chi connectivity index (χ0n) is 14.7. The van der Waals surface area contributed by atoms with Gasteiger partial charge in [0.1, 0.15) is 5.76 Å². The summed E-state index contributed by atoms with van der Waals surface area (Å²) in [6.45, 7) is 11.1. The minimum atomic E-state index is -0.533. The van der Waals surface area contributed by atoms with Gasteiger partial charge in [0, 0.05) is 11.6 Å². The molecule has 22 heavy (non-hydrogen) atoms. The van der Waals surface area contributed by atoms with E-state index in [2.05, 4.69) is 6.58 Å². The van der Waals surface area contributed by atoms with Gasteiger partial charge in [0.05, 0.1) is 12.2 Å². The molecule has 0 saturated carbocycles. The Hall–Kier alpha value is -1.62. The second kappa shape index (κ2) is 10.2. The van der Waals surface area contributed by atoms with E-state index in [-0.39, 0.29) is 11.8 Å². The number of hydrogen-bond acceptors (Lipinski definition) is 5. The third-order valence-electron chi connectivity index (χ3n) is 3.38. The zero-order chi connectivity index (χ0) is 17.3. The highest BCUT2D eigenvalue weighted by molar-refractivity contribution is 5.91. The summed E-state index contributed by atoms with van der Waals surface area (Å²) in [5.41, 5.74) is 0.686. The number of hydrogen-bond donors (Lipinski definition) is 0. The lowest BCUT2D eigenvalue weighted by atomic mass is 10.1. The Morgan fingerprint density at radius 1 is 1.18 bits per heavy atom. The molecule has 0 aliphatic rings. The molecule has 5 heteroatoms. The predicted molar refractivity (Wildman–Crippen MR) is 87.2 cm³/mol. The maximum atomic E-state index is 12.3. The Morgan fingerprint density at radius 3 is 2.23 bits per heavy atom. The van der Waals surface area contributed by atoms with Gasteiger partial charge in [-0.05, 0) is 47.7 Å². The van der Waals surface area contributed by atoms with Crippen LogP contribution in [0.4, 0.5) is 0 Å². The van der Waals surface area contributed by atoms with Gasteiger partial charge in [-0.25, -0.2) is 9.59 Å². The lowest BCUT2D eigenvalue weighted by Crippen LogP contribution is -2.27. The van der Waals surface area contributed by atoms with Crippen molar-refractivity contribution in [2.24, 2.45) is 0 Å². The molecule has 0 aromatic rings. The van der Waals surface area contributed by atoms with Gasteiger partial charge >= 0.3 is 11.9 Å². The molecule has 0 rings (SSSR count). The van der Waals surface area contributed by atoms with Gasteiger partial charge < -0.3 is 14.4 Å². The highest BCUT2D eigenvalue weighted by Crippen LogP contribution is 2.18. The Bertz CT molecular complexity index is 438. The van der Waals surface area contributed by atoms with Crippen LogP contribution >= 0.6 is 0 Å². The maximum absolute atomic E-state index is 12.3. The van der Waals surface area contributed by atoms with Crippen LogP contribution in [0.25, 0.3) is 0 Å². The van der Waals surface area contributed by atoms with Crippen molar-refractivity contribution in [3.8, 4) is 0 Å². The fraction of sp³-hybridized carbons (Fsp3) is 0.647. The zero-order valence-corrected chi connectivity index (χ0v) is 14.7. The van der Waals surface area contributed by atoms with Crippen LogP contribution in [0.3, 0.4) is 0 Å². The molecule has 0 aliphatic heterocycles. The van der Waals surface area contributed by atoms with Crippen molar-refractivity contribution in [3.05, 3.63) is 23.5 Å². The molecule has 0 heterocycles. The number of carbonyl (C=O) groups excluding carboxylic acids is 2. The van der Waals surface area contributed by atoms with Crippen molar-refractivity contribution in [1.82, 2.24) is 4.90 Å². The summed E-state index contributed by atoms with van der Waals surface area (Å²) in [6, 6.07) is 0.118. The van der Waals surface area contributed by atoms with Crippen LogP contribution in [0.1, 0.15) is 47.0 Å². The number of carbonyl (C=O) groups is 2. The van der Waals surface area contributed by atoms with Crippen molar-refractivity contribution in [2.45, 2.75) is 53.0 Å². The largest absolute Gasteiger partial charge is 0.462 e. The predicted octanol–water partition coefficient (Wildman–Crippen LogP) is 3.06. The molecule has 0 aromatic carbocycles. The first-order valence-electron chi connectivity index (χ1n) is 7.61. The maximum Gasteiger partial charge on any atom is 0.338 e. The number of esters is 2. The van der Waals surface area contributed by atoms with Crippen LogP contribution in [0.5, 0.6) is 0 Å². The Balaban J connectivity index is 5.16. The average molecular weight is 311 g/mol. The second-order valence-corrected chi connectivity index (χ2v) is 5.71. The Kier molecular flexibility index (Phi) is 9.42. The molecule has 0 bridgehead atoms. The highest BCUT2D eigenvalue weighted by Gasteiger charge is 2.21. The van der Waals surface area contributed by atoms with Gasteiger partial charge in [0.15, 0.2) is 0 Å². The molecule has 0 N–H and O–H groups in total. The Labute approximate surface area is 134 Å². The first-order chi connectivity index (χ1) is 10.2. The minimum Gasteiger partial charge on any atom is -0.462 e. The lowest BCUT2D eigenvalue weighted by molar-refractivity contribution is -0.140. The molecule has 0 radical (unpaired) electrons. The molecule has 0 aromatic heterocycles. The summed E-state index contributed by atoms with van der Waals surface area (Å²) >= 11 is 0. The van der Waals surface area contributed by atoms with E-state index in [1.165, 1.54) is 0 Å². The van der Waals surface area contributed by atoms with Gasteiger partial charge in [-0.15, -0.1) is 0 Å². The van der Waals surface area contributed by atoms with E-state index in [0.29, 0.717) is 24.2 Å². The van der Waals surface area contributed by atoms with Gasteiger partial charge in [-0.1, -0.05) is 19.9 Å². The molecule has 0 saturated heterocycles. The monoisotopic (exact) mass is 311 g/mol. The quantitative estimate of drug-likeness (QED) is 0.283. The number of unbranched alkanes of at least 4 members (excludes halogenated alkanes) is 1. The van der Waals surface area contributed by atoms with Crippen LogP contribution in [-0.4, -0.2) is 43.6 Å². The van der Waals surface area contributed by atoms with Crippen LogP contribution in [-0.2, 0) is 19.1 Å². The van der Waals surface area contributed by atoms with Gasteiger partial charge in [0.25, 0.3) is 0 Å². The third-order valence-corrected chi connectivity index (χ3v) is 3.38. The van der Waals surface area contributed by atoms with E-state index in [1.807, 2.05) is 32.8 Å². The molecule has 126 valence electrons. The summed E-state index contributed by atoms with van der Waals surface area (Å²) in [5, 5.41) is 0. The van der Waals surface area contributed by atoms with E-state index in [9.17, 15) is 9.59 Å². The average Bonchev–Trinajstić information content (AvgIpc) is 2.43. The Morgan fingerprint density at radius 2 is 1.77 bits per heavy atom. The molecule has 1 atom stereocenters. The van der Waals surface area contributed by atoms with Gasteiger partial charge in [-0.3, -0.25) is 0 Å². The van der Waals surface area contributed by atoms with E-state index >= 15 is 0 Å². The highest BCUT2D eigenvalue weighted by atomic mass is 16.5. The smallest absolute Gasteiger partial charge is 0.338 e. The molecule has 5 nitrogen and oxygen atoms in total. The normalized spacial score (nSPS) is 13.4. The second-order valence-electron chi connectivity index (χ2n) is 5.71. The molecule has 0 fully saturated rings. The molecule has 0 aliphatic carbocycles. The van der Waals surface area contributed by atoms with Crippen LogP contribution in [0, 0.1) is 0 Å². The minimum absolute atomic E-state index is 0.118. The van der Waals surface area contributed by atoms with Crippen LogP contribution in [0.2, 0.25) is 0 Å². The summed E-state index contributed by atoms with van der Waals surface area (Å²) in [5.74, 6) is -0.675. The van der Waals surface area contributed by atoms with Crippen molar-refractivity contribution >= 4 is 11.9 Å². The number of ether oxygens (including phenoxy) is 2. The fourth-order valence-electron chi connectivity index (χ4n) is 1.53. The van der Waals surface area contributed by atoms with E-state index in [4.69, 9.17) is 9.47 Å². The summed E-state index contributed by atoms with van der Waals surface area (Å²) in [6.07, 6.45) is 2.21. The van der Waals surface area contributed by atoms with Crippen molar-refractivity contribution in [3.63, 3.8) is 0 Å². The molecular formula is C17H29NO4. The van der Waals surface area contributed by atoms with Crippen molar-refractivity contribution in [1.29, 1.82) is 0 Å². The summed E-state index contributed by atoms with van der Waals surface area (Å²) in [4.78, 5) is 25.9. The SMILES string of the molecule is C=C(C)C(=O)O/C(C)=C(/CC(C)N(C)C)C(=O)OCCCC. The van der Waals surface area contributed by atoms with Gasteiger partial charge in [-0.2, -0.15) is 0 Å². The standard InChI is InChI=1S/C17H29NO4/c1-8-9-10-21-17(20)15(11-13(4)18(6)7)14(5)22-16(19)12(2)3/h13H,2,8-11H2,1,3-7H3/b15-14-. The fourth-order valence-corrected chi connectivity index (χ4v) is 1.53. The van der Waals surface area contributed by atoms with E-state index in [1.54, 1.807) is 13.8 Å². The van der Waals surface area contributed by atoms with Crippen LogP contribution in [0.15, 0.2) is 23.5 Å². The number of rotatable bonds is 9. The molecule has 0 spiro atoms. The molecule has 0 amide bonds. The summed E-state index contributed by atoms with van der Waals surface area (Å²) < 4.78 is 10.5. The van der Waals surface area contributed by atoms with Gasteiger partial charge in [0.2, 0.25) is 0 Å². The third kappa shape index (κ3) is 7.41. The van der Waals surface area contributed by atoms with Crippen molar-refractivity contribution in [2.75, 3.05) is 20.7 Å². The topological polar surface area (TPSA) is 55.8 Å². The summed E-state index contributed by atoms with van der Waals surface area (Å²) in [7, 11) is 3.86. The first-order valence-corrected chi connectivity index (χ1v) is 7.61. The molecular weight excluding hydrogens is 282 g/mol. The van der Waals surface area contributed by atoms with E-state index < -0.39 is 11.9 Å². The van der Waals surface area contributed by atoms with Crippen molar-refractivity contribution < 1.29 is 19.1 Å². The van der Waals surface area contributed by atoms with Crippen LogP contribution < -0.4 is 0 Å². The first kappa shape index (κ1) is 20.4. The lowest BCUT2D eigenvalue weighted by Gasteiger charge is -2.21. The number of allylic oxidation sites excluding steroid dienone is 1. The van der Waals surface area contributed by atoms with E-state index in [0.717, 1.165) is 12.8 Å². The molecule has 1 unspecified atom stereocenters. The number of nitrogens with zero attached hydrogens (tertiary/aromatic N) is 1.